The molecular formula is C15H12ClF3N4O2S. The molecule has 0 aliphatic rings. The second-order valence-electron chi connectivity index (χ2n) is 5.02. The Morgan fingerprint density at radius 1 is 1.50 bits per heavy atom. The molecule has 0 fully saturated rings. The van der Waals surface area contributed by atoms with Gasteiger partial charge in [-0.15, -0.1) is 0 Å². The van der Waals surface area contributed by atoms with Crippen molar-refractivity contribution in [2.75, 3.05) is 0 Å². The van der Waals surface area contributed by atoms with Crippen molar-refractivity contribution >= 4 is 29.5 Å². The first kappa shape index (κ1) is 19.9. The Morgan fingerprint density at radius 2 is 2.19 bits per heavy atom. The van der Waals surface area contributed by atoms with Crippen molar-refractivity contribution in [1.29, 1.82) is 5.26 Å². The van der Waals surface area contributed by atoms with Crippen LogP contribution in [0.25, 0.3) is 0 Å². The molecule has 0 saturated carbocycles. The zero-order valence-electron chi connectivity index (χ0n) is 13.2. The van der Waals surface area contributed by atoms with E-state index in [1.165, 1.54) is 18.2 Å². The van der Waals surface area contributed by atoms with Crippen molar-refractivity contribution in [1.82, 2.24) is 9.97 Å². The van der Waals surface area contributed by atoms with E-state index in [-0.39, 0.29) is 27.9 Å². The quantitative estimate of drug-likeness (QED) is 0.754. The second-order valence-corrected chi connectivity index (χ2v) is 6.54. The predicted octanol–water partition coefficient (Wildman–Crippen LogP) is 4.65. The number of alkyl halides is 3. The average Bonchev–Trinajstić information content (AvgIpc) is 2.95. The summed E-state index contributed by atoms with van der Waals surface area (Å²) in [5.74, 6) is -0.177. The number of hydrogen-bond acceptors (Lipinski definition) is 5. The first-order chi connectivity index (χ1) is 12.1. The van der Waals surface area contributed by atoms with Gasteiger partial charge in [0, 0.05) is 9.92 Å². The number of nitrogens with zero attached hydrogens (tertiary/aromatic N) is 2. The average molecular weight is 405 g/mol. The van der Waals surface area contributed by atoms with E-state index >= 15 is 0 Å². The summed E-state index contributed by atoms with van der Waals surface area (Å²) in [5.41, 5.74) is 3.97. The fraction of sp³-hybridized carbons (Fsp3) is 0.267. The van der Waals surface area contributed by atoms with Crippen molar-refractivity contribution < 1.29 is 22.7 Å². The number of benzene rings is 1. The summed E-state index contributed by atoms with van der Waals surface area (Å²) in [5, 5.41) is 8.85. The predicted molar refractivity (Wildman–Crippen MR) is 87.6 cm³/mol. The Labute approximate surface area is 155 Å². The number of ether oxygens (including phenoxy) is 1. The van der Waals surface area contributed by atoms with Gasteiger partial charge in [-0.1, -0.05) is 30.3 Å². The molecule has 0 aliphatic heterocycles. The van der Waals surface area contributed by atoms with Gasteiger partial charge in [-0.3, -0.25) is 0 Å². The Kier molecular flexibility index (Phi) is 6.05. The van der Waals surface area contributed by atoms with Gasteiger partial charge in [0.2, 0.25) is 0 Å². The van der Waals surface area contributed by atoms with Gasteiger partial charge in [-0.2, -0.15) is 18.4 Å². The highest BCUT2D eigenvalue weighted by atomic mass is 35.5. The van der Waals surface area contributed by atoms with Crippen LogP contribution in [0.2, 0.25) is 5.02 Å². The molecule has 138 valence electrons. The largest absolute Gasteiger partial charge is 0.438 e. The number of carbonyl (C=O) groups is 1. The Balaban J connectivity index is 2.45. The smallest absolute Gasteiger partial charge is 0.436 e. The third-order valence-electron chi connectivity index (χ3n) is 3.11. The van der Waals surface area contributed by atoms with Crippen LogP contribution >= 0.6 is 23.4 Å². The number of halogens is 4. The van der Waals surface area contributed by atoms with E-state index in [4.69, 9.17) is 27.3 Å². The highest BCUT2D eigenvalue weighted by molar-refractivity contribution is 7.99. The van der Waals surface area contributed by atoms with Gasteiger partial charge in [0.15, 0.2) is 11.8 Å². The van der Waals surface area contributed by atoms with Crippen LogP contribution in [0.3, 0.4) is 0 Å². The summed E-state index contributed by atoms with van der Waals surface area (Å²) in [6, 6.07) is 6.09. The maximum Gasteiger partial charge on any atom is 0.436 e. The molecule has 0 radical (unpaired) electrons. The Morgan fingerprint density at radius 3 is 2.73 bits per heavy atom. The number of nitriles is 1. The summed E-state index contributed by atoms with van der Waals surface area (Å²) >= 11 is 6.58. The molecule has 2 rings (SSSR count). The maximum atomic E-state index is 13.3. The molecule has 6 nitrogen and oxygen atoms in total. The van der Waals surface area contributed by atoms with Crippen molar-refractivity contribution in [3.05, 3.63) is 40.3 Å². The molecule has 0 bridgehead atoms. The number of carbonyl (C=O) groups excluding carboxylic acids is 1. The van der Waals surface area contributed by atoms with Gasteiger partial charge in [-0.25, -0.2) is 9.78 Å². The lowest BCUT2D eigenvalue weighted by Crippen LogP contribution is -2.18. The van der Waals surface area contributed by atoms with Crippen LogP contribution in [-0.4, -0.2) is 16.1 Å². The Bertz CT molecular complexity index is 864. The van der Waals surface area contributed by atoms with Gasteiger partial charge in [0.25, 0.3) is 0 Å². The van der Waals surface area contributed by atoms with Crippen LogP contribution in [0.5, 0.6) is 0 Å². The highest BCUT2D eigenvalue weighted by Crippen LogP contribution is 2.40. The molecule has 26 heavy (non-hydrogen) atoms. The summed E-state index contributed by atoms with van der Waals surface area (Å²) < 4.78 is 44.7. The highest BCUT2D eigenvalue weighted by Gasteiger charge is 2.39. The minimum atomic E-state index is -4.74. The lowest BCUT2D eigenvalue weighted by molar-refractivity contribution is -0.143. The zero-order valence-corrected chi connectivity index (χ0v) is 14.8. The first-order valence-electron chi connectivity index (χ1n) is 7.15. The molecule has 11 heteroatoms. The molecule has 1 aromatic heterocycles. The lowest BCUT2D eigenvalue weighted by atomic mass is 10.2. The number of nitrogens with two attached hydrogens (primary N) is 1. The summed E-state index contributed by atoms with van der Waals surface area (Å²) in [7, 11) is 0. The molecule has 0 spiro atoms. The van der Waals surface area contributed by atoms with Crippen LogP contribution in [-0.2, 0) is 10.9 Å². The zero-order chi connectivity index (χ0) is 19.5. The third-order valence-corrected chi connectivity index (χ3v) is 4.30. The minimum Gasteiger partial charge on any atom is -0.438 e. The van der Waals surface area contributed by atoms with Crippen LogP contribution < -0.4 is 5.73 Å². The summed E-state index contributed by atoms with van der Waals surface area (Å²) in [4.78, 5) is 17.3. The van der Waals surface area contributed by atoms with Gasteiger partial charge >= 0.3 is 12.3 Å². The number of primary amides is 1. The monoisotopic (exact) mass is 404 g/mol. The molecule has 1 amide bonds. The lowest BCUT2D eigenvalue weighted by Gasteiger charge is -2.11. The second kappa shape index (κ2) is 7.88. The number of hydrogen-bond donors (Lipinski definition) is 2. The van der Waals surface area contributed by atoms with E-state index in [0.717, 1.165) is 0 Å². The molecule has 0 aliphatic carbocycles. The van der Waals surface area contributed by atoms with Gasteiger partial charge in [-0.05, 0) is 24.6 Å². The molecule has 1 aromatic carbocycles. The number of aromatic amines is 1. The molecule has 1 unspecified atom stereocenters. The number of aromatic nitrogens is 2. The number of H-pyrrole nitrogens is 1. The van der Waals surface area contributed by atoms with Crippen molar-refractivity contribution in [3.8, 4) is 6.07 Å². The van der Waals surface area contributed by atoms with E-state index in [2.05, 4.69) is 9.97 Å². The van der Waals surface area contributed by atoms with Crippen LogP contribution in [0.1, 0.15) is 36.5 Å². The van der Waals surface area contributed by atoms with Gasteiger partial charge < -0.3 is 15.5 Å². The van der Waals surface area contributed by atoms with E-state index in [0.29, 0.717) is 16.7 Å². The van der Waals surface area contributed by atoms with Crippen LogP contribution in [0.4, 0.5) is 18.0 Å². The van der Waals surface area contributed by atoms with Crippen LogP contribution in [0.15, 0.2) is 28.1 Å². The molecule has 0 saturated heterocycles. The van der Waals surface area contributed by atoms with E-state index in [9.17, 15) is 18.0 Å². The van der Waals surface area contributed by atoms with Crippen molar-refractivity contribution in [3.63, 3.8) is 0 Å². The number of nitrogens with one attached hydrogen (secondary N) is 1. The minimum absolute atomic E-state index is 0.174. The molecule has 1 heterocycles. The Hall–Kier alpha value is -2.38. The molecule has 3 N–H and O–H groups in total. The van der Waals surface area contributed by atoms with Gasteiger partial charge in [0.05, 0.1) is 11.6 Å². The van der Waals surface area contributed by atoms with E-state index in [1.54, 1.807) is 6.92 Å². The van der Waals surface area contributed by atoms with E-state index in [1.807, 2.05) is 6.07 Å². The number of rotatable bonds is 5. The maximum absolute atomic E-state index is 13.3. The fourth-order valence-electron chi connectivity index (χ4n) is 2.07. The molecule has 1 atom stereocenters. The molecule has 2 aromatic rings. The topological polar surface area (TPSA) is 105 Å². The SMILES string of the molecule is CCC(OC(N)=O)c1nc(C(F)(F)F)c(Sc2cc(Cl)cc(C#N)c2)[nH]1. The first-order valence-corrected chi connectivity index (χ1v) is 8.35. The normalized spacial score (nSPS) is 12.5. The van der Waals surface area contributed by atoms with Crippen molar-refractivity contribution in [2.24, 2.45) is 5.73 Å². The van der Waals surface area contributed by atoms with Crippen molar-refractivity contribution in [2.45, 2.75) is 35.5 Å². The number of amides is 1. The fourth-order valence-corrected chi connectivity index (χ4v) is 3.39. The summed E-state index contributed by atoms with van der Waals surface area (Å²) in [6.45, 7) is 1.60. The van der Waals surface area contributed by atoms with Gasteiger partial charge in [0.1, 0.15) is 10.9 Å². The molecular weight excluding hydrogens is 393 g/mol. The third kappa shape index (κ3) is 4.83. The summed E-state index contributed by atoms with van der Waals surface area (Å²) in [6.07, 6.45) is -6.73. The standard InChI is InChI=1S/C15H12ClF3N4O2S/c1-2-10(25-14(21)24)12-22-11(15(17,18)19)13(23-12)26-9-4-7(6-20)3-8(16)5-9/h3-5,10H,2H2,1H3,(H2,21,24)(H,22,23). The van der Waals surface area contributed by atoms with Crippen LogP contribution in [0, 0.1) is 11.3 Å². The number of imidazole rings is 1. The van der Waals surface area contributed by atoms with E-state index < -0.39 is 24.1 Å².